The number of amides is 2. The Morgan fingerprint density at radius 3 is 2.96 bits per heavy atom. The Kier molecular flexibility index (Phi) is 4.03. The van der Waals surface area contributed by atoms with Gasteiger partial charge in [-0.3, -0.25) is 14.7 Å². The van der Waals surface area contributed by atoms with Gasteiger partial charge in [0.2, 0.25) is 5.91 Å². The van der Waals surface area contributed by atoms with E-state index >= 15 is 0 Å². The number of H-pyrrole nitrogens is 1. The molecule has 132 valence electrons. The Balaban J connectivity index is 1.52. The predicted molar refractivity (Wildman–Crippen MR) is 89.2 cm³/mol. The number of hydrogen-bond donors (Lipinski definition) is 2. The zero-order valence-electron chi connectivity index (χ0n) is 14.2. The van der Waals surface area contributed by atoms with Crippen LogP contribution < -0.4 is 5.32 Å². The van der Waals surface area contributed by atoms with Crippen LogP contribution in [0.4, 0.5) is 5.82 Å². The molecule has 0 aromatic carbocycles. The fourth-order valence-electron chi connectivity index (χ4n) is 3.71. The summed E-state index contributed by atoms with van der Waals surface area (Å²) in [7, 11) is 0. The molecule has 1 unspecified atom stereocenters. The minimum Gasteiger partial charge on any atom is -0.360 e. The van der Waals surface area contributed by atoms with Crippen LogP contribution in [0.5, 0.6) is 0 Å². The second kappa shape index (κ2) is 6.34. The Morgan fingerprint density at radius 2 is 2.16 bits per heavy atom. The predicted octanol–water partition coefficient (Wildman–Crippen LogP) is 1.83. The van der Waals surface area contributed by atoms with E-state index in [2.05, 4.69) is 20.7 Å². The second-order valence-electron chi connectivity index (χ2n) is 6.71. The largest absolute Gasteiger partial charge is 0.360 e. The molecule has 25 heavy (non-hydrogen) atoms. The van der Waals surface area contributed by atoms with E-state index in [1.54, 1.807) is 17.9 Å². The maximum absolute atomic E-state index is 13.0. The lowest BCUT2D eigenvalue weighted by Gasteiger charge is -2.23. The van der Waals surface area contributed by atoms with Crippen molar-refractivity contribution in [2.45, 2.75) is 51.5 Å². The standard InChI is InChI=1S/C17H21N5O3/c1-10-9-14(21-25-10)18-16(23)13-7-4-8-22(13)17(24)15-11-5-2-3-6-12(11)19-20-15/h9,13H,2-8H2,1H3,(H,19,20)(H,18,21,23). The third-order valence-corrected chi connectivity index (χ3v) is 4.95. The fraction of sp³-hybridized carbons (Fsp3) is 0.529. The number of carbonyl (C=O) groups is 2. The van der Waals surface area contributed by atoms with E-state index in [0.29, 0.717) is 30.2 Å². The lowest BCUT2D eigenvalue weighted by atomic mass is 9.95. The van der Waals surface area contributed by atoms with Gasteiger partial charge in [-0.1, -0.05) is 5.16 Å². The van der Waals surface area contributed by atoms with Crippen LogP contribution in [-0.4, -0.2) is 44.7 Å². The van der Waals surface area contributed by atoms with E-state index in [0.717, 1.165) is 43.4 Å². The van der Waals surface area contributed by atoms with Gasteiger partial charge >= 0.3 is 0 Å². The van der Waals surface area contributed by atoms with Gasteiger partial charge in [-0.15, -0.1) is 0 Å². The van der Waals surface area contributed by atoms with Crippen molar-refractivity contribution < 1.29 is 14.1 Å². The summed E-state index contributed by atoms with van der Waals surface area (Å²) in [6.45, 7) is 2.32. The van der Waals surface area contributed by atoms with Crippen LogP contribution in [0.2, 0.25) is 0 Å². The Morgan fingerprint density at radius 1 is 1.32 bits per heavy atom. The summed E-state index contributed by atoms with van der Waals surface area (Å²) in [5, 5.41) is 13.8. The highest BCUT2D eigenvalue weighted by atomic mass is 16.5. The van der Waals surface area contributed by atoms with Gasteiger partial charge in [0.25, 0.3) is 5.91 Å². The molecule has 2 N–H and O–H groups in total. The van der Waals surface area contributed by atoms with E-state index < -0.39 is 6.04 Å². The molecule has 4 rings (SSSR count). The third-order valence-electron chi connectivity index (χ3n) is 4.95. The van der Waals surface area contributed by atoms with Crippen LogP contribution in [0, 0.1) is 6.92 Å². The molecule has 0 radical (unpaired) electrons. The molecule has 8 heteroatoms. The molecule has 8 nitrogen and oxygen atoms in total. The number of rotatable bonds is 3. The molecule has 1 aliphatic heterocycles. The maximum atomic E-state index is 13.0. The Labute approximate surface area is 144 Å². The lowest BCUT2D eigenvalue weighted by molar-refractivity contribution is -0.119. The summed E-state index contributed by atoms with van der Waals surface area (Å²) in [6, 6.07) is 1.16. The monoisotopic (exact) mass is 343 g/mol. The molecule has 1 saturated heterocycles. The Hall–Kier alpha value is -2.64. The summed E-state index contributed by atoms with van der Waals surface area (Å²) in [4.78, 5) is 27.2. The maximum Gasteiger partial charge on any atom is 0.275 e. The van der Waals surface area contributed by atoms with Crippen molar-refractivity contribution in [2.24, 2.45) is 0 Å². The van der Waals surface area contributed by atoms with E-state index in [1.165, 1.54) is 0 Å². The first-order valence-electron chi connectivity index (χ1n) is 8.75. The minimum atomic E-state index is -0.500. The number of likely N-dealkylation sites (tertiary alicyclic amines) is 1. The van der Waals surface area contributed by atoms with Gasteiger partial charge in [0.05, 0.1) is 0 Å². The SMILES string of the molecule is Cc1cc(NC(=O)C2CCCN2C(=O)c2n[nH]c3c2CCCC3)no1. The van der Waals surface area contributed by atoms with E-state index in [9.17, 15) is 9.59 Å². The molecule has 3 heterocycles. The molecule has 2 aromatic rings. The number of nitrogens with one attached hydrogen (secondary N) is 2. The molecule has 2 aromatic heterocycles. The van der Waals surface area contributed by atoms with Gasteiger partial charge in [0, 0.05) is 23.9 Å². The highest BCUT2D eigenvalue weighted by Gasteiger charge is 2.37. The van der Waals surface area contributed by atoms with Gasteiger partial charge in [-0.2, -0.15) is 5.10 Å². The topological polar surface area (TPSA) is 104 Å². The lowest BCUT2D eigenvalue weighted by Crippen LogP contribution is -2.43. The van der Waals surface area contributed by atoms with Gasteiger partial charge in [-0.25, -0.2) is 0 Å². The normalized spacial score (nSPS) is 19.7. The number of aromatic amines is 1. The van der Waals surface area contributed by atoms with Crippen molar-refractivity contribution in [1.29, 1.82) is 0 Å². The van der Waals surface area contributed by atoms with Crippen molar-refractivity contribution >= 4 is 17.6 Å². The summed E-state index contributed by atoms with van der Waals surface area (Å²) >= 11 is 0. The van der Waals surface area contributed by atoms with Crippen molar-refractivity contribution in [1.82, 2.24) is 20.3 Å². The number of anilines is 1. The molecule has 2 amide bonds. The Bertz CT molecular complexity index is 809. The van der Waals surface area contributed by atoms with Gasteiger partial charge in [0.15, 0.2) is 11.5 Å². The second-order valence-corrected chi connectivity index (χ2v) is 6.71. The molecule has 0 spiro atoms. The number of hydrogen-bond acceptors (Lipinski definition) is 5. The average molecular weight is 343 g/mol. The minimum absolute atomic E-state index is 0.159. The van der Waals surface area contributed by atoms with Crippen LogP contribution in [0.3, 0.4) is 0 Å². The quantitative estimate of drug-likeness (QED) is 0.885. The summed E-state index contributed by atoms with van der Waals surface area (Å²) in [5.74, 6) is 0.605. The third kappa shape index (κ3) is 2.92. The molecular formula is C17H21N5O3. The number of carbonyl (C=O) groups excluding carboxylic acids is 2. The molecule has 0 bridgehead atoms. The first kappa shape index (κ1) is 15.9. The number of aryl methyl sites for hydroxylation is 2. The smallest absolute Gasteiger partial charge is 0.275 e. The zero-order valence-corrected chi connectivity index (χ0v) is 14.2. The van der Waals surface area contributed by atoms with Crippen LogP contribution in [0.1, 0.15) is 53.2 Å². The first-order chi connectivity index (χ1) is 12.1. The number of nitrogens with zero attached hydrogens (tertiary/aromatic N) is 3. The van der Waals surface area contributed by atoms with Crippen LogP contribution in [-0.2, 0) is 17.6 Å². The first-order valence-corrected chi connectivity index (χ1v) is 8.75. The van der Waals surface area contributed by atoms with Crippen molar-refractivity contribution in [3.05, 3.63) is 28.8 Å². The van der Waals surface area contributed by atoms with Crippen molar-refractivity contribution in [3.63, 3.8) is 0 Å². The fourth-order valence-corrected chi connectivity index (χ4v) is 3.71. The van der Waals surface area contributed by atoms with E-state index in [4.69, 9.17) is 4.52 Å². The highest BCUT2D eigenvalue weighted by molar-refractivity contribution is 6.01. The average Bonchev–Trinajstić information content (AvgIpc) is 3.33. The molecular weight excluding hydrogens is 322 g/mol. The molecule has 0 saturated carbocycles. The van der Waals surface area contributed by atoms with E-state index in [1.807, 2.05) is 0 Å². The highest BCUT2D eigenvalue weighted by Crippen LogP contribution is 2.26. The zero-order chi connectivity index (χ0) is 17.4. The summed E-state index contributed by atoms with van der Waals surface area (Å²) in [6.07, 6.45) is 5.44. The van der Waals surface area contributed by atoms with E-state index in [-0.39, 0.29) is 11.8 Å². The molecule has 2 aliphatic rings. The van der Waals surface area contributed by atoms with Crippen LogP contribution >= 0.6 is 0 Å². The van der Waals surface area contributed by atoms with Crippen molar-refractivity contribution in [3.8, 4) is 0 Å². The number of fused-ring (bicyclic) bond motifs is 1. The van der Waals surface area contributed by atoms with Gasteiger partial charge in [-0.05, 0) is 45.4 Å². The van der Waals surface area contributed by atoms with Crippen LogP contribution in [0.15, 0.2) is 10.6 Å². The van der Waals surface area contributed by atoms with Crippen LogP contribution in [0.25, 0.3) is 0 Å². The molecule has 1 aliphatic carbocycles. The van der Waals surface area contributed by atoms with Gasteiger partial charge < -0.3 is 14.7 Å². The molecule has 1 atom stereocenters. The van der Waals surface area contributed by atoms with Gasteiger partial charge in [0.1, 0.15) is 11.8 Å². The van der Waals surface area contributed by atoms with Crippen molar-refractivity contribution in [2.75, 3.05) is 11.9 Å². The number of aromatic nitrogens is 3. The summed E-state index contributed by atoms with van der Waals surface area (Å²) < 4.78 is 4.96. The summed E-state index contributed by atoms with van der Waals surface area (Å²) in [5.41, 5.74) is 2.56. The molecule has 1 fully saturated rings.